The molecule has 3 rings (SSSR count). The molecule has 2 aliphatic rings. The Kier molecular flexibility index (Phi) is 4.23. The van der Waals surface area contributed by atoms with Gasteiger partial charge in [-0.2, -0.15) is 0 Å². The highest BCUT2D eigenvalue weighted by Crippen LogP contribution is 2.36. The van der Waals surface area contributed by atoms with E-state index in [1.807, 2.05) is 12.1 Å². The summed E-state index contributed by atoms with van der Waals surface area (Å²) in [7, 11) is 0. The summed E-state index contributed by atoms with van der Waals surface area (Å²) in [6, 6.07) is 8.40. The lowest BCUT2D eigenvalue weighted by atomic mass is 9.79. The summed E-state index contributed by atoms with van der Waals surface area (Å²) < 4.78 is 26.5. The second-order valence-corrected chi connectivity index (χ2v) is 6.47. The summed E-state index contributed by atoms with van der Waals surface area (Å²) >= 11 is 0. The third-order valence-corrected chi connectivity index (χ3v) is 4.87. The highest BCUT2D eigenvalue weighted by molar-refractivity contribution is 5.75. The third kappa shape index (κ3) is 3.25. The van der Waals surface area contributed by atoms with Gasteiger partial charge >= 0.3 is 0 Å². The Balaban J connectivity index is 1.73. The molecule has 1 aromatic rings. The standard InChI is InChI=1S/C19H22F2/c1-13-2-4-14(5-3-13)15-6-8-16(9-7-15)17-10-11-18(20)19(21)12-17/h6-10,12-14,18H,2-5,11H2,1H3. The highest BCUT2D eigenvalue weighted by atomic mass is 19.2. The molecule has 0 nitrogen and oxygen atoms in total. The van der Waals surface area contributed by atoms with Crippen LogP contribution in [0.1, 0.15) is 56.1 Å². The van der Waals surface area contributed by atoms with Crippen LogP contribution in [0.5, 0.6) is 0 Å². The Labute approximate surface area is 125 Å². The van der Waals surface area contributed by atoms with Crippen LogP contribution in [0.3, 0.4) is 0 Å². The van der Waals surface area contributed by atoms with Crippen molar-refractivity contribution < 1.29 is 8.78 Å². The molecule has 1 aromatic carbocycles. The van der Waals surface area contributed by atoms with Crippen molar-refractivity contribution in [3.63, 3.8) is 0 Å². The van der Waals surface area contributed by atoms with E-state index in [0.717, 1.165) is 17.1 Å². The first-order valence-electron chi connectivity index (χ1n) is 7.95. The van der Waals surface area contributed by atoms with Gasteiger partial charge in [0.05, 0.1) is 0 Å². The first kappa shape index (κ1) is 14.5. The number of halogens is 2. The van der Waals surface area contributed by atoms with E-state index in [2.05, 4.69) is 19.1 Å². The molecule has 1 unspecified atom stereocenters. The maximum atomic E-state index is 13.4. The van der Waals surface area contributed by atoms with E-state index in [1.54, 1.807) is 6.08 Å². The zero-order valence-electron chi connectivity index (χ0n) is 12.5. The molecule has 0 N–H and O–H groups in total. The topological polar surface area (TPSA) is 0 Å². The second kappa shape index (κ2) is 6.13. The Hall–Kier alpha value is -1.44. The van der Waals surface area contributed by atoms with Crippen molar-refractivity contribution in [3.05, 3.63) is 53.4 Å². The molecule has 21 heavy (non-hydrogen) atoms. The fourth-order valence-electron chi connectivity index (χ4n) is 3.38. The minimum atomic E-state index is -1.46. The summed E-state index contributed by atoms with van der Waals surface area (Å²) in [6.45, 7) is 2.33. The van der Waals surface area contributed by atoms with E-state index in [4.69, 9.17) is 0 Å². The van der Waals surface area contributed by atoms with Crippen LogP contribution in [-0.4, -0.2) is 6.17 Å². The highest BCUT2D eigenvalue weighted by Gasteiger charge is 2.20. The van der Waals surface area contributed by atoms with Gasteiger partial charge in [0.1, 0.15) is 5.83 Å². The second-order valence-electron chi connectivity index (χ2n) is 6.47. The summed E-state index contributed by atoms with van der Waals surface area (Å²) in [4.78, 5) is 0. The number of alkyl halides is 1. The summed E-state index contributed by atoms with van der Waals surface area (Å²) in [5.74, 6) is 0.866. The predicted molar refractivity (Wildman–Crippen MR) is 83.5 cm³/mol. The average Bonchev–Trinajstić information content (AvgIpc) is 2.51. The molecule has 0 heterocycles. The van der Waals surface area contributed by atoms with Crippen LogP contribution in [0.25, 0.3) is 5.57 Å². The monoisotopic (exact) mass is 288 g/mol. The van der Waals surface area contributed by atoms with Crippen LogP contribution >= 0.6 is 0 Å². The minimum Gasteiger partial charge on any atom is -0.239 e. The molecule has 1 saturated carbocycles. The number of rotatable bonds is 2. The van der Waals surface area contributed by atoms with Crippen molar-refractivity contribution in [2.75, 3.05) is 0 Å². The van der Waals surface area contributed by atoms with Crippen molar-refractivity contribution in [3.8, 4) is 0 Å². The molecular weight excluding hydrogens is 266 g/mol. The summed E-state index contributed by atoms with van der Waals surface area (Å²) in [5.41, 5.74) is 3.16. The summed E-state index contributed by atoms with van der Waals surface area (Å²) in [6.07, 6.45) is 6.93. The van der Waals surface area contributed by atoms with Crippen molar-refractivity contribution in [1.29, 1.82) is 0 Å². The van der Waals surface area contributed by atoms with E-state index in [-0.39, 0.29) is 6.42 Å². The van der Waals surface area contributed by atoms with Crippen LogP contribution in [0.15, 0.2) is 42.2 Å². The Morgan fingerprint density at radius 1 is 1.00 bits per heavy atom. The van der Waals surface area contributed by atoms with Crippen molar-refractivity contribution in [2.45, 2.75) is 51.1 Å². The molecule has 1 fully saturated rings. The maximum Gasteiger partial charge on any atom is 0.155 e. The van der Waals surface area contributed by atoms with E-state index in [9.17, 15) is 8.78 Å². The van der Waals surface area contributed by atoms with E-state index in [1.165, 1.54) is 37.3 Å². The normalized spacial score (nSPS) is 29.8. The van der Waals surface area contributed by atoms with Gasteiger partial charge in [-0.05, 0) is 47.5 Å². The van der Waals surface area contributed by atoms with Gasteiger partial charge in [0.15, 0.2) is 6.17 Å². The van der Waals surface area contributed by atoms with Crippen LogP contribution in [0.2, 0.25) is 0 Å². The maximum absolute atomic E-state index is 13.4. The Bertz CT molecular complexity index is 545. The molecule has 0 radical (unpaired) electrons. The quantitative estimate of drug-likeness (QED) is 0.630. The average molecular weight is 288 g/mol. The minimum absolute atomic E-state index is 0.139. The Morgan fingerprint density at radius 3 is 2.29 bits per heavy atom. The lowest BCUT2D eigenvalue weighted by Crippen LogP contribution is -2.10. The molecule has 2 heteroatoms. The first-order chi connectivity index (χ1) is 10.1. The van der Waals surface area contributed by atoms with Crippen LogP contribution in [-0.2, 0) is 0 Å². The van der Waals surface area contributed by atoms with Crippen molar-refractivity contribution in [1.82, 2.24) is 0 Å². The molecule has 0 spiro atoms. The lowest BCUT2D eigenvalue weighted by molar-refractivity contribution is 0.326. The van der Waals surface area contributed by atoms with Gasteiger partial charge in [0.25, 0.3) is 0 Å². The van der Waals surface area contributed by atoms with Gasteiger partial charge in [-0.25, -0.2) is 8.78 Å². The number of benzene rings is 1. The van der Waals surface area contributed by atoms with Crippen LogP contribution < -0.4 is 0 Å². The predicted octanol–water partition coefficient (Wildman–Crippen LogP) is 5.96. The van der Waals surface area contributed by atoms with E-state index in [0.29, 0.717) is 5.92 Å². The van der Waals surface area contributed by atoms with Crippen molar-refractivity contribution >= 4 is 5.57 Å². The van der Waals surface area contributed by atoms with Crippen molar-refractivity contribution in [2.24, 2.45) is 5.92 Å². The number of allylic oxidation sites excluding steroid dienone is 4. The molecule has 0 saturated heterocycles. The zero-order chi connectivity index (χ0) is 14.8. The number of hydrogen-bond acceptors (Lipinski definition) is 0. The van der Waals surface area contributed by atoms with Gasteiger partial charge in [0, 0.05) is 6.42 Å². The van der Waals surface area contributed by atoms with Gasteiger partial charge in [-0.15, -0.1) is 0 Å². The third-order valence-electron chi connectivity index (χ3n) is 4.87. The fourth-order valence-corrected chi connectivity index (χ4v) is 3.38. The van der Waals surface area contributed by atoms with E-state index < -0.39 is 12.0 Å². The van der Waals surface area contributed by atoms with Gasteiger partial charge in [-0.3, -0.25) is 0 Å². The Morgan fingerprint density at radius 2 is 1.67 bits per heavy atom. The SMILES string of the molecule is CC1CCC(c2ccc(C3=CCC(F)C(F)=C3)cc2)CC1. The zero-order valence-corrected chi connectivity index (χ0v) is 12.5. The van der Waals surface area contributed by atoms with Gasteiger partial charge < -0.3 is 0 Å². The van der Waals surface area contributed by atoms with Crippen LogP contribution in [0.4, 0.5) is 8.78 Å². The molecule has 0 aromatic heterocycles. The number of hydrogen-bond donors (Lipinski definition) is 0. The molecule has 0 amide bonds. The molecule has 112 valence electrons. The molecule has 1 atom stereocenters. The lowest BCUT2D eigenvalue weighted by Gasteiger charge is -2.26. The van der Waals surface area contributed by atoms with E-state index >= 15 is 0 Å². The molecule has 0 bridgehead atoms. The molecular formula is C19H22F2. The summed E-state index contributed by atoms with van der Waals surface area (Å²) in [5, 5.41) is 0. The first-order valence-corrected chi connectivity index (χ1v) is 7.95. The van der Waals surface area contributed by atoms with Gasteiger partial charge in [0.2, 0.25) is 0 Å². The fraction of sp³-hybridized carbons (Fsp3) is 0.474. The molecule has 2 aliphatic carbocycles. The molecule has 0 aliphatic heterocycles. The van der Waals surface area contributed by atoms with Gasteiger partial charge in [-0.1, -0.05) is 50.1 Å². The van der Waals surface area contributed by atoms with Crippen LogP contribution in [0, 0.1) is 5.92 Å². The smallest absolute Gasteiger partial charge is 0.155 e. The largest absolute Gasteiger partial charge is 0.239 e.